The van der Waals surface area contributed by atoms with Gasteiger partial charge in [0.1, 0.15) is 11.5 Å². The molecule has 0 aliphatic rings. The standard InChI is InChI=1S/C13H18O3/c1-4-5-8-16-13-9-11(15-3)6-7-12(13)10(2)14/h6-7,9H,4-5,8H2,1-3H3. The van der Waals surface area contributed by atoms with E-state index in [1.165, 1.54) is 6.92 Å². The van der Waals surface area contributed by atoms with Gasteiger partial charge < -0.3 is 9.47 Å². The molecule has 0 radical (unpaired) electrons. The first-order valence-electron chi connectivity index (χ1n) is 5.50. The van der Waals surface area contributed by atoms with Gasteiger partial charge in [-0.15, -0.1) is 0 Å². The van der Waals surface area contributed by atoms with Gasteiger partial charge in [-0.3, -0.25) is 4.79 Å². The highest BCUT2D eigenvalue weighted by molar-refractivity contribution is 5.97. The molecule has 0 aliphatic heterocycles. The molecule has 16 heavy (non-hydrogen) atoms. The van der Waals surface area contributed by atoms with Gasteiger partial charge in [-0.1, -0.05) is 13.3 Å². The van der Waals surface area contributed by atoms with Crippen LogP contribution in [0.1, 0.15) is 37.0 Å². The lowest BCUT2D eigenvalue weighted by Gasteiger charge is -2.10. The average Bonchev–Trinajstić information content (AvgIpc) is 2.29. The molecule has 1 rings (SSSR count). The molecule has 88 valence electrons. The molecule has 0 N–H and O–H groups in total. The molecule has 1 aromatic rings. The Labute approximate surface area is 96.4 Å². The third-order valence-corrected chi connectivity index (χ3v) is 2.32. The van der Waals surface area contributed by atoms with E-state index in [9.17, 15) is 4.79 Å². The zero-order valence-electron chi connectivity index (χ0n) is 10.1. The van der Waals surface area contributed by atoms with Gasteiger partial charge in [-0.05, 0) is 25.5 Å². The van der Waals surface area contributed by atoms with Crippen molar-refractivity contribution < 1.29 is 14.3 Å². The Hall–Kier alpha value is -1.51. The lowest BCUT2D eigenvalue weighted by Crippen LogP contribution is -2.03. The smallest absolute Gasteiger partial charge is 0.163 e. The monoisotopic (exact) mass is 222 g/mol. The zero-order chi connectivity index (χ0) is 12.0. The molecule has 0 spiro atoms. The fraction of sp³-hybridized carbons (Fsp3) is 0.462. The maximum absolute atomic E-state index is 11.4. The molecular formula is C13H18O3. The van der Waals surface area contributed by atoms with Gasteiger partial charge in [0, 0.05) is 6.07 Å². The summed E-state index contributed by atoms with van der Waals surface area (Å²) in [5.41, 5.74) is 0.608. The van der Waals surface area contributed by atoms with Crippen molar-refractivity contribution in [1.82, 2.24) is 0 Å². The normalized spacial score (nSPS) is 9.94. The summed E-state index contributed by atoms with van der Waals surface area (Å²) in [4.78, 5) is 11.4. The van der Waals surface area contributed by atoms with Crippen LogP contribution in [0.2, 0.25) is 0 Å². The van der Waals surface area contributed by atoms with E-state index in [0.717, 1.165) is 12.8 Å². The quantitative estimate of drug-likeness (QED) is 0.548. The van der Waals surface area contributed by atoms with Gasteiger partial charge >= 0.3 is 0 Å². The van der Waals surface area contributed by atoms with Crippen molar-refractivity contribution in [3.05, 3.63) is 23.8 Å². The Bertz CT molecular complexity index is 358. The Morgan fingerprint density at radius 1 is 1.38 bits per heavy atom. The van der Waals surface area contributed by atoms with Crippen molar-refractivity contribution in [2.24, 2.45) is 0 Å². The number of carbonyl (C=O) groups is 1. The van der Waals surface area contributed by atoms with Gasteiger partial charge in [0.15, 0.2) is 5.78 Å². The third-order valence-electron chi connectivity index (χ3n) is 2.32. The zero-order valence-corrected chi connectivity index (χ0v) is 10.1. The van der Waals surface area contributed by atoms with Gasteiger partial charge in [-0.25, -0.2) is 0 Å². The van der Waals surface area contributed by atoms with Crippen LogP contribution in [0, 0.1) is 0 Å². The number of rotatable bonds is 6. The van der Waals surface area contributed by atoms with E-state index in [4.69, 9.17) is 9.47 Å². The van der Waals surface area contributed by atoms with Gasteiger partial charge in [0.25, 0.3) is 0 Å². The summed E-state index contributed by atoms with van der Waals surface area (Å²) < 4.78 is 10.7. The molecule has 0 aliphatic carbocycles. The van der Waals surface area contributed by atoms with Crippen LogP contribution in [0.25, 0.3) is 0 Å². The third kappa shape index (κ3) is 3.26. The molecule has 0 aromatic heterocycles. The van der Waals surface area contributed by atoms with E-state index >= 15 is 0 Å². The van der Waals surface area contributed by atoms with Crippen LogP contribution < -0.4 is 9.47 Å². The molecule has 1 aromatic carbocycles. The lowest BCUT2D eigenvalue weighted by molar-refractivity contribution is 0.101. The summed E-state index contributed by atoms with van der Waals surface area (Å²) in [6.07, 6.45) is 2.05. The Balaban J connectivity index is 2.87. The molecule has 0 unspecified atom stereocenters. The summed E-state index contributed by atoms with van der Waals surface area (Å²) in [6.45, 7) is 4.26. The predicted octanol–water partition coefficient (Wildman–Crippen LogP) is 3.08. The second-order valence-electron chi connectivity index (χ2n) is 3.62. The van der Waals surface area contributed by atoms with E-state index in [0.29, 0.717) is 23.7 Å². The number of ether oxygens (including phenoxy) is 2. The number of carbonyl (C=O) groups excluding carboxylic acids is 1. The SMILES string of the molecule is CCCCOc1cc(OC)ccc1C(C)=O. The molecule has 0 bridgehead atoms. The number of benzene rings is 1. The van der Waals surface area contributed by atoms with Gasteiger partial charge in [0.05, 0.1) is 19.3 Å². The summed E-state index contributed by atoms with van der Waals surface area (Å²) in [5, 5.41) is 0. The largest absolute Gasteiger partial charge is 0.497 e. The van der Waals surface area contributed by atoms with E-state index in [1.807, 2.05) is 0 Å². The number of hydrogen-bond acceptors (Lipinski definition) is 3. The number of Topliss-reactive ketones (excluding diaryl/α,β-unsaturated/α-hetero) is 1. The molecule has 3 nitrogen and oxygen atoms in total. The first-order valence-corrected chi connectivity index (χ1v) is 5.50. The first kappa shape index (κ1) is 12.6. The second-order valence-corrected chi connectivity index (χ2v) is 3.62. The fourth-order valence-electron chi connectivity index (χ4n) is 1.37. The Morgan fingerprint density at radius 3 is 2.69 bits per heavy atom. The summed E-state index contributed by atoms with van der Waals surface area (Å²) in [5.74, 6) is 1.32. The van der Waals surface area contributed by atoms with Crippen LogP contribution in [0.5, 0.6) is 11.5 Å². The molecule has 0 amide bonds. The molecule has 0 heterocycles. The maximum Gasteiger partial charge on any atom is 0.163 e. The van der Waals surface area contributed by atoms with E-state index in [-0.39, 0.29) is 5.78 Å². The number of unbranched alkanes of at least 4 members (excludes halogenated alkanes) is 1. The molecule has 0 atom stereocenters. The Kier molecular flexibility index (Phi) is 4.83. The minimum atomic E-state index is 0.00847. The molecule has 3 heteroatoms. The first-order chi connectivity index (χ1) is 7.69. The highest BCUT2D eigenvalue weighted by Gasteiger charge is 2.09. The van der Waals surface area contributed by atoms with Gasteiger partial charge in [-0.2, -0.15) is 0 Å². The highest BCUT2D eigenvalue weighted by atomic mass is 16.5. The minimum Gasteiger partial charge on any atom is -0.497 e. The maximum atomic E-state index is 11.4. The topological polar surface area (TPSA) is 35.5 Å². The second kappa shape index (κ2) is 6.16. The summed E-state index contributed by atoms with van der Waals surface area (Å²) >= 11 is 0. The van der Waals surface area contributed by atoms with E-state index < -0.39 is 0 Å². The van der Waals surface area contributed by atoms with Crippen molar-refractivity contribution in [3.63, 3.8) is 0 Å². The van der Waals surface area contributed by atoms with Crippen LogP contribution in [-0.2, 0) is 0 Å². The number of methoxy groups -OCH3 is 1. The van der Waals surface area contributed by atoms with Crippen molar-refractivity contribution in [2.75, 3.05) is 13.7 Å². The van der Waals surface area contributed by atoms with Crippen molar-refractivity contribution in [2.45, 2.75) is 26.7 Å². The van der Waals surface area contributed by atoms with Crippen LogP contribution >= 0.6 is 0 Å². The number of ketones is 1. The van der Waals surface area contributed by atoms with Crippen LogP contribution in [0.3, 0.4) is 0 Å². The molecule has 0 saturated carbocycles. The van der Waals surface area contributed by atoms with Crippen LogP contribution in [-0.4, -0.2) is 19.5 Å². The van der Waals surface area contributed by atoms with E-state index in [1.54, 1.807) is 25.3 Å². The molecule has 0 saturated heterocycles. The Morgan fingerprint density at radius 2 is 2.12 bits per heavy atom. The van der Waals surface area contributed by atoms with Crippen molar-refractivity contribution in [3.8, 4) is 11.5 Å². The van der Waals surface area contributed by atoms with Crippen LogP contribution in [0.4, 0.5) is 0 Å². The molecule has 0 fully saturated rings. The van der Waals surface area contributed by atoms with Crippen LogP contribution in [0.15, 0.2) is 18.2 Å². The summed E-state index contributed by atoms with van der Waals surface area (Å²) in [6, 6.07) is 5.26. The van der Waals surface area contributed by atoms with Crippen molar-refractivity contribution in [1.29, 1.82) is 0 Å². The van der Waals surface area contributed by atoms with Gasteiger partial charge in [0.2, 0.25) is 0 Å². The number of hydrogen-bond donors (Lipinski definition) is 0. The average molecular weight is 222 g/mol. The van der Waals surface area contributed by atoms with Crippen molar-refractivity contribution >= 4 is 5.78 Å². The lowest BCUT2D eigenvalue weighted by atomic mass is 10.1. The fourth-order valence-corrected chi connectivity index (χ4v) is 1.37. The van der Waals surface area contributed by atoms with E-state index in [2.05, 4.69) is 6.92 Å². The highest BCUT2D eigenvalue weighted by Crippen LogP contribution is 2.25. The summed E-state index contributed by atoms with van der Waals surface area (Å²) in [7, 11) is 1.60. The predicted molar refractivity (Wildman–Crippen MR) is 63.4 cm³/mol. The minimum absolute atomic E-state index is 0.00847. The molecular weight excluding hydrogens is 204 g/mol.